The number of aliphatic hydroxyl groups is 1. The lowest BCUT2D eigenvalue weighted by molar-refractivity contribution is 0.0616. The molecule has 1 N–H and O–H groups in total. The summed E-state index contributed by atoms with van der Waals surface area (Å²) in [5.41, 5.74) is 0.858. The minimum absolute atomic E-state index is 0.101. The predicted molar refractivity (Wildman–Crippen MR) is 66.5 cm³/mol. The Balaban J connectivity index is 2.13. The number of ether oxygens (including phenoxy) is 2. The fraction of sp³-hybridized carbons (Fsp3) is 0.571. The first-order valence-electron chi connectivity index (χ1n) is 6.37. The molecule has 0 fully saturated rings. The monoisotopic (exact) mass is 236 g/mol. The van der Waals surface area contributed by atoms with E-state index in [9.17, 15) is 5.11 Å². The highest BCUT2D eigenvalue weighted by atomic mass is 16.5. The molecule has 1 aliphatic heterocycles. The van der Waals surface area contributed by atoms with Gasteiger partial charge in [0.2, 0.25) is 0 Å². The summed E-state index contributed by atoms with van der Waals surface area (Å²) in [5.74, 6) is 1.60. The van der Waals surface area contributed by atoms with E-state index in [0.717, 1.165) is 36.3 Å². The van der Waals surface area contributed by atoms with Crippen molar-refractivity contribution in [1.82, 2.24) is 0 Å². The van der Waals surface area contributed by atoms with Gasteiger partial charge in [0, 0.05) is 5.56 Å². The van der Waals surface area contributed by atoms with Crippen LogP contribution < -0.4 is 9.47 Å². The Labute approximate surface area is 102 Å². The first-order chi connectivity index (χ1) is 8.26. The van der Waals surface area contributed by atoms with Gasteiger partial charge in [-0.05, 0) is 31.0 Å². The minimum atomic E-state index is -0.518. The molecular weight excluding hydrogens is 216 g/mol. The Morgan fingerprint density at radius 1 is 1.29 bits per heavy atom. The average molecular weight is 236 g/mol. The summed E-state index contributed by atoms with van der Waals surface area (Å²) in [7, 11) is 0. The molecule has 2 atom stereocenters. The lowest BCUT2D eigenvalue weighted by Gasteiger charge is -2.12. The maximum atomic E-state index is 10.1. The van der Waals surface area contributed by atoms with Crippen molar-refractivity contribution < 1.29 is 14.6 Å². The zero-order valence-corrected chi connectivity index (χ0v) is 10.5. The Kier molecular flexibility index (Phi) is 3.89. The van der Waals surface area contributed by atoms with E-state index in [1.807, 2.05) is 18.2 Å². The van der Waals surface area contributed by atoms with Crippen LogP contribution in [0, 0.1) is 0 Å². The Morgan fingerprint density at radius 3 is 2.82 bits per heavy atom. The minimum Gasteiger partial charge on any atom is -0.494 e. The van der Waals surface area contributed by atoms with Gasteiger partial charge in [0.1, 0.15) is 23.7 Å². The van der Waals surface area contributed by atoms with Crippen molar-refractivity contribution in [2.75, 3.05) is 6.61 Å². The van der Waals surface area contributed by atoms with E-state index < -0.39 is 6.10 Å². The number of benzene rings is 1. The summed E-state index contributed by atoms with van der Waals surface area (Å²) in [6.45, 7) is 4.87. The number of aliphatic hydroxyl groups excluding tert-OH is 1. The van der Waals surface area contributed by atoms with Gasteiger partial charge in [-0.3, -0.25) is 0 Å². The molecule has 1 aromatic rings. The molecule has 17 heavy (non-hydrogen) atoms. The van der Waals surface area contributed by atoms with Crippen LogP contribution in [-0.2, 0) is 0 Å². The summed E-state index contributed by atoms with van der Waals surface area (Å²) in [4.78, 5) is 0. The van der Waals surface area contributed by atoms with Gasteiger partial charge in [-0.25, -0.2) is 0 Å². The molecule has 0 spiro atoms. The molecule has 0 aliphatic carbocycles. The number of fused-ring (bicyclic) bond motifs is 1. The van der Waals surface area contributed by atoms with Gasteiger partial charge in [0.05, 0.1) is 6.61 Å². The van der Waals surface area contributed by atoms with E-state index in [-0.39, 0.29) is 6.10 Å². The molecule has 1 aromatic carbocycles. The molecule has 1 heterocycles. The normalized spacial score (nSPS) is 22.1. The molecule has 2 unspecified atom stereocenters. The van der Waals surface area contributed by atoms with Crippen LogP contribution in [0.5, 0.6) is 11.5 Å². The Bertz CT molecular complexity index is 376. The summed E-state index contributed by atoms with van der Waals surface area (Å²) in [6, 6.07) is 5.68. The first-order valence-corrected chi connectivity index (χ1v) is 6.37. The molecule has 0 amide bonds. The van der Waals surface area contributed by atoms with Gasteiger partial charge in [-0.1, -0.05) is 20.3 Å². The fourth-order valence-corrected chi connectivity index (χ4v) is 2.10. The molecule has 0 aromatic heterocycles. The van der Waals surface area contributed by atoms with Gasteiger partial charge in [0.15, 0.2) is 0 Å². The molecule has 1 aliphatic rings. The van der Waals surface area contributed by atoms with Gasteiger partial charge in [-0.15, -0.1) is 0 Å². The highest BCUT2D eigenvalue weighted by molar-refractivity contribution is 5.44. The first kappa shape index (κ1) is 12.2. The highest BCUT2D eigenvalue weighted by Gasteiger charge is 2.32. The Hall–Kier alpha value is -1.22. The van der Waals surface area contributed by atoms with Crippen LogP contribution in [0.15, 0.2) is 18.2 Å². The topological polar surface area (TPSA) is 38.7 Å². The largest absolute Gasteiger partial charge is 0.494 e. The van der Waals surface area contributed by atoms with E-state index in [1.165, 1.54) is 0 Å². The third-order valence-corrected chi connectivity index (χ3v) is 2.98. The molecule has 0 saturated carbocycles. The zero-order chi connectivity index (χ0) is 12.3. The smallest absolute Gasteiger partial charge is 0.129 e. The molecule has 0 saturated heterocycles. The van der Waals surface area contributed by atoms with Crippen LogP contribution in [0.2, 0.25) is 0 Å². The standard InChI is InChI=1S/C14H20O3/c1-3-5-13-14(15)11-9-10(16-8-4-2)6-7-12(11)17-13/h6-7,9,13-15H,3-5,8H2,1-2H3. The van der Waals surface area contributed by atoms with Gasteiger partial charge < -0.3 is 14.6 Å². The summed E-state index contributed by atoms with van der Waals surface area (Å²) < 4.78 is 11.3. The number of rotatable bonds is 5. The van der Waals surface area contributed by atoms with Crippen molar-refractivity contribution in [1.29, 1.82) is 0 Å². The molecule has 94 valence electrons. The highest BCUT2D eigenvalue weighted by Crippen LogP contribution is 2.40. The molecule has 2 rings (SSSR count). The zero-order valence-electron chi connectivity index (χ0n) is 10.5. The van der Waals surface area contributed by atoms with Crippen LogP contribution >= 0.6 is 0 Å². The molecule has 0 bridgehead atoms. The molecule has 3 nitrogen and oxygen atoms in total. The predicted octanol–water partition coefficient (Wildman–Crippen LogP) is 3.07. The van der Waals surface area contributed by atoms with E-state index in [4.69, 9.17) is 9.47 Å². The molecule has 0 radical (unpaired) electrons. The maximum absolute atomic E-state index is 10.1. The van der Waals surface area contributed by atoms with Crippen LogP contribution in [0.1, 0.15) is 44.8 Å². The maximum Gasteiger partial charge on any atom is 0.129 e. The van der Waals surface area contributed by atoms with Gasteiger partial charge in [0.25, 0.3) is 0 Å². The van der Waals surface area contributed by atoms with Crippen LogP contribution in [0.3, 0.4) is 0 Å². The summed E-state index contributed by atoms with van der Waals surface area (Å²) in [5, 5.41) is 10.1. The van der Waals surface area contributed by atoms with E-state index in [2.05, 4.69) is 13.8 Å². The van der Waals surface area contributed by atoms with Crippen molar-refractivity contribution in [3.05, 3.63) is 23.8 Å². The van der Waals surface area contributed by atoms with Crippen molar-refractivity contribution in [3.8, 4) is 11.5 Å². The lowest BCUT2D eigenvalue weighted by Crippen LogP contribution is -2.17. The van der Waals surface area contributed by atoms with E-state index >= 15 is 0 Å². The van der Waals surface area contributed by atoms with E-state index in [0.29, 0.717) is 6.61 Å². The van der Waals surface area contributed by atoms with Crippen molar-refractivity contribution >= 4 is 0 Å². The van der Waals surface area contributed by atoms with Crippen LogP contribution in [0.4, 0.5) is 0 Å². The number of hydrogen-bond donors (Lipinski definition) is 1. The third-order valence-electron chi connectivity index (χ3n) is 2.98. The van der Waals surface area contributed by atoms with Crippen molar-refractivity contribution in [2.45, 2.75) is 45.3 Å². The van der Waals surface area contributed by atoms with Crippen molar-refractivity contribution in [3.63, 3.8) is 0 Å². The summed E-state index contributed by atoms with van der Waals surface area (Å²) in [6.07, 6.45) is 2.25. The van der Waals surface area contributed by atoms with Crippen molar-refractivity contribution in [2.24, 2.45) is 0 Å². The van der Waals surface area contributed by atoms with Crippen LogP contribution in [0.25, 0.3) is 0 Å². The number of hydrogen-bond acceptors (Lipinski definition) is 3. The van der Waals surface area contributed by atoms with Gasteiger partial charge in [-0.2, -0.15) is 0 Å². The van der Waals surface area contributed by atoms with E-state index in [1.54, 1.807) is 0 Å². The second-order valence-electron chi connectivity index (χ2n) is 4.44. The summed E-state index contributed by atoms with van der Waals surface area (Å²) >= 11 is 0. The Morgan fingerprint density at radius 2 is 2.12 bits per heavy atom. The SMILES string of the molecule is CCCOc1ccc2c(c1)C(O)C(CCC)O2. The third kappa shape index (κ3) is 2.55. The van der Waals surface area contributed by atoms with Gasteiger partial charge >= 0.3 is 0 Å². The lowest BCUT2D eigenvalue weighted by atomic mass is 10.0. The second-order valence-corrected chi connectivity index (χ2v) is 4.44. The second kappa shape index (κ2) is 5.41. The fourth-order valence-electron chi connectivity index (χ4n) is 2.10. The molecular formula is C14H20O3. The molecule has 3 heteroatoms. The van der Waals surface area contributed by atoms with Crippen LogP contribution in [-0.4, -0.2) is 17.8 Å². The quantitative estimate of drug-likeness (QED) is 0.854. The average Bonchev–Trinajstić information content (AvgIpc) is 2.65.